The zero-order valence-electron chi connectivity index (χ0n) is 16.1. The third kappa shape index (κ3) is 4.76. The van der Waals surface area contributed by atoms with Crippen molar-refractivity contribution in [2.75, 3.05) is 11.1 Å². The highest BCUT2D eigenvalue weighted by molar-refractivity contribution is 7.99. The second kappa shape index (κ2) is 9.37. The van der Waals surface area contributed by atoms with Crippen LogP contribution in [0.25, 0.3) is 11.3 Å². The molecule has 0 atom stereocenters. The van der Waals surface area contributed by atoms with Crippen molar-refractivity contribution in [2.24, 2.45) is 0 Å². The van der Waals surface area contributed by atoms with E-state index < -0.39 is 0 Å². The highest BCUT2D eigenvalue weighted by Gasteiger charge is 2.24. The molecule has 150 valence electrons. The number of thioether (sulfide) groups is 1. The molecular weight excluding hydrogens is 402 g/mol. The Hall–Kier alpha value is -2.45. The lowest BCUT2D eigenvalue weighted by Crippen LogP contribution is -2.15. The highest BCUT2D eigenvalue weighted by atomic mass is 32.2. The van der Waals surface area contributed by atoms with Gasteiger partial charge in [0, 0.05) is 23.4 Å². The maximum absolute atomic E-state index is 12.4. The van der Waals surface area contributed by atoms with Crippen LogP contribution in [0.3, 0.4) is 0 Å². The van der Waals surface area contributed by atoms with Crippen LogP contribution in [0.1, 0.15) is 37.4 Å². The Morgan fingerprint density at radius 3 is 2.83 bits per heavy atom. The molecule has 0 unspecified atom stereocenters. The molecule has 2 heterocycles. The van der Waals surface area contributed by atoms with Gasteiger partial charge in [0.15, 0.2) is 10.3 Å². The number of thiazole rings is 1. The summed E-state index contributed by atoms with van der Waals surface area (Å²) in [4.78, 5) is 16.9. The Kier molecular flexibility index (Phi) is 6.41. The maximum Gasteiger partial charge on any atom is 0.236 e. The molecule has 1 aromatic carbocycles. The minimum Gasteiger partial charge on any atom is -0.302 e. The zero-order valence-corrected chi connectivity index (χ0v) is 17.7. The monoisotopic (exact) mass is 425 g/mol. The van der Waals surface area contributed by atoms with Gasteiger partial charge in [0.1, 0.15) is 5.82 Å². The summed E-state index contributed by atoms with van der Waals surface area (Å²) in [6, 6.07) is 9.93. The molecule has 1 fully saturated rings. The standard InChI is InChI=1S/C21H23N5OS2/c1-2-12-26-19(16-10-6-7-11-16)24-25-21(26)29-14-18(27)23-20-22-17(13-28-20)15-8-4-3-5-9-15/h2-5,8-9,13,16H,1,6-7,10-12,14H2,(H,22,23,27). The van der Waals surface area contributed by atoms with Gasteiger partial charge >= 0.3 is 0 Å². The second-order valence-corrected chi connectivity index (χ2v) is 8.76. The first kappa shape index (κ1) is 19.8. The van der Waals surface area contributed by atoms with Crippen LogP contribution in [0.2, 0.25) is 0 Å². The van der Waals surface area contributed by atoms with Crippen LogP contribution in [0.4, 0.5) is 5.13 Å². The van der Waals surface area contributed by atoms with Gasteiger partial charge in [0.25, 0.3) is 0 Å². The molecule has 0 saturated heterocycles. The molecule has 4 rings (SSSR count). The topological polar surface area (TPSA) is 72.7 Å². The first-order chi connectivity index (χ1) is 14.2. The summed E-state index contributed by atoms with van der Waals surface area (Å²) in [5, 5.41) is 15.0. The van der Waals surface area contributed by atoms with Crippen molar-refractivity contribution in [3.8, 4) is 11.3 Å². The molecule has 29 heavy (non-hydrogen) atoms. The molecule has 3 aromatic rings. The van der Waals surface area contributed by atoms with E-state index in [0.29, 0.717) is 17.6 Å². The summed E-state index contributed by atoms with van der Waals surface area (Å²) in [6.07, 6.45) is 6.67. The number of carbonyl (C=O) groups excluding carboxylic acids is 1. The molecule has 1 N–H and O–H groups in total. The molecule has 0 bridgehead atoms. The summed E-state index contributed by atoms with van der Waals surface area (Å²) in [6.45, 7) is 4.51. The number of carbonyl (C=O) groups is 1. The molecule has 1 aliphatic carbocycles. The van der Waals surface area contributed by atoms with Crippen LogP contribution in [0.5, 0.6) is 0 Å². The van der Waals surface area contributed by atoms with E-state index in [-0.39, 0.29) is 11.7 Å². The number of nitrogens with one attached hydrogen (secondary N) is 1. The van der Waals surface area contributed by atoms with E-state index in [1.807, 2.05) is 41.8 Å². The molecule has 0 aliphatic heterocycles. The Bertz CT molecular complexity index is 976. The quantitative estimate of drug-likeness (QED) is 0.407. The van der Waals surface area contributed by atoms with Gasteiger partial charge in [-0.15, -0.1) is 28.1 Å². The summed E-state index contributed by atoms with van der Waals surface area (Å²) in [7, 11) is 0. The van der Waals surface area contributed by atoms with Gasteiger partial charge in [-0.1, -0.05) is 61.0 Å². The summed E-state index contributed by atoms with van der Waals surface area (Å²) in [5.41, 5.74) is 1.90. The summed E-state index contributed by atoms with van der Waals surface area (Å²) >= 11 is 2.83. The van der Waals surface area contributed by atoms with Crippen LogP contribution >= 0.6 is 23.1 Å². The fraction of sp³-hybridized carbons (Fsp3) is 0.333. The molecule has 1 amide bonds. The molecule has 2 aromatic heterocycles. The van der Waals surface area contributed by atoms with Crippen LogP contribution < -0.4 is 5.32 Å². The smallest absolute Gasteiger partial charge is 0.236 e. The van der Waals surface area contributed by atoms with Crippen LogP contribution in [-0.4, -0.2) is 31.4 Å². The first-order valence-electron chi connectivity index (χ1n) is 9.72. The zero-order chi connectivity index (χ0) is 20.1. The predicted octanol–water partition coefficient (Wildman–Crippen LogP) is 4.98. The average Bonchev–Trinajstić information content (AvgIpc) is 3.49. The van der Waals surface area contributed by atoms with E-state index in [9.17, 15) is 4.79 Å². The van der Waals surface area contributed by atoms with E-state index in [0.717, 1.165) is 35.1 Å². The minimum absolute atomic E-state index is 0.0977. The summed E-state index contributed by atoms with van der Waals surface area (Å²) < 4.78 is 2.10. The fourth-order valence-electron chi connectivity index (χ4n) is 3.55. The Morgan fingerprint density at radius 1 is 1.28 bits per heavy atom. The van der Waals surface area contributed by atoms with Gasteiger partial charge in [-0.25, -0.2) is 4.98 Å². The summed E-state index contributed by atoms with van der Waals surface area (Å²) in [5.74, 6) is 1.66. The van der Waals surface area contributed by atoms with Gasteiger partial charge < -0.3 is 9.88 Å². The Labute approximate surface area is 178 Å². The average molecular weight is 426 g/mol. The van der Waals surface area contributed by atoms with E-state index >= 15 is 0 Å². The third-order valence-corrected chi connectivity index (χ3v) is 6.65. The second-order valence-electron chi connectivity index (χ2n) is 6.96. The molecular formula is C21H23N5OS2. The minimum atomic E-state index is -0.0977. The predicted molar refractivity (Wildman–Crippen MR) is 118 cm³/mol. The van der Waals surface area contributed by atoms with E-state index in [4.69, 9.17) is 0 Å². The SMILES string of the molecule is C=CCn1c(SCC(=O)Nc2nc(-c3ccccc3)cs2)nnc1C1CCCC1. The number of hydrogen-bond donors (Lipinski definition) is 1. The number of nitrogens with zero attached hydrogens (tertiary/aromatic N) is 4. The van der Waals surface area contributed by atoms with Crippen LogP contribution in [-0.2, 0) is 11.3 Å². The molecule has 0 radical (unpaired) electrons. The van der Waals surface area contributed by atoms with Crippen molar-refractivity contribution >= 4 is 34.1 Å². The fourth-order valence-corrected chi connectivity index (χ4v) is 5.04. The lowest BCUT2D eigenvalue weighted by atomic mass is 10.1. The normalized spacial score (nSPS) is 14.2. The van der Waals surface area contributed by atoms with Gasteiger partial charge in [-0.3, -0.25) is 4.79 Å². The number of hydrogen-bond acceptors (Lipinski definition) is 6. The highest BCUT2D eigenvalue weighted by Crippen LogP contribution is 2.34. The van der Waals surface area contributed by atoms with Crippen molar-refractivity contribution in [3.05, 3.63) is 54.2 Å². The number of allylic oxidation sites excluding steroid dienone is 1. The van der Waals surface area contributed by atoms with E-state index in [1.165, 1.54) is 35.9 Å². The van der Waals surface area contributed by atoms with Crippen molar-refractivity contribution < 1.29 is 4.79 Å². The largest absolute Gasteiger partial charge is 0.302 e. The Morgan fingerprint density at radius 2 is 2.07 bits per heavy atom. The van der Waals surface area contributed by atoms with E-state index in [2.05, 4.69) is 31.6 Å². The number of amides is 1. The number of anilines is 1. The van der Waals surface area contributed by atoms with Gasteiger partial charge in [0.2, 0.25) is 5.91 Å². The van der Waals surface area contributed by atoms with Crippen molar-refractivity contribution in [1.82, 2.24) is 19.7 Å². The van der Waals surface area contributed by atoms with Gasteiger partial charge in [-0.2, -0.15) is 0 Å². The number of rotatable bonds is 8. The van der Waals surface area contributed by atoms with Crippen molar-refractivity contribution in [3.63, 3.8) is 0 Å². The molecule has 0 spiro atoms. The number of aromatic nitrogens is 4. The lowest BCUT2D eigenvalue weighted by molar-refractivity contribution is -0.113. The van der Waals surface area contributed by atoms with Crippen LogP contribution in [0, 0.1) is 0 Å². The van der Waals surface area contributed by atoms with Gasteiger partial charge in [-0.05, 0) is 12.8 Å². The van der Waals surface area contributed by atoms with Gasteiger partial charge in [0.05, 0.1) is 11.4 Å². The lowest BCUT2D eigenvalue weighted by Gasteiger charge is -2.11. The van der Waals surface area contributed by atoms with E-state index in [1.54, 1.807) is 0 Å². The Balaban J connectivity index is 1.37. The molecule has 1 saturated carbocycles. The van der Waals surface area contributed by atoms with Crippen molar-refractivity contribution in [1.29, 1.82) is 0 Å². The van der Waals surface area contributed by atoms with Crippen LogP contribution in [0.15, 0.2) is 53.5 Å². The molecule has 1 aliphatic rings. The maximum atomic E-state index is 12.4. The molecule has 6 nitrogen and oxygen atoms in total. The van der Waals surface area contributed by atoms with Crippen molar-refractivity contribution in [2.45, 2.75) is 43.3 Å². The molecule has 8 heteroatoms. The first-order valence-corrected chi connectivity index (χ1v) is 11.6. The third-order valence-electron chi connectivity index (χ3n) is 4.93. The number of benzene rings is 1.